The van der Waals surface area contributed by atoms with Crippen molar-refractivity contribution in [2.75, 3.05) is 0 Å². The first-order chi connectivity index (χ1) is 12.5. The second-order valence-electron chi connectivity index (χ2n) is 8.20. The zero-order valence-electron chi connectivity index (χ0n) is 16.6. The molecule has 1 rings (SSSR count). The number of aliphatic carboxylic acids is 1. The Morgan fingerprint density at radius 1 is 1.19 bits per heavy atom. The Balaban J connectivity index is 2.81. The maximum Gasteiger partial charge on any atom is 0.408 e. The van der Waals surface area contributed by atoms with Gasteiger partial charge in [0.25, 0.3) is 0 Å². The van der Waals surface area contributed by atoms with Crippen molar-refractivity contribution in [1.29, 1.82) is 0 Å². The van der Waals surface area contributed by atoms with Crippen molar-refractivity contribution in [3.63, 3.8) is 0 Å². The van der Waals surface area contributed by atoms with Gasteiger partial charge in [0.2, 0.25) is 0 Å². The van der Waals surface area contributed by atoms with Gasteiger partial charge < -0.3 is 20.3 Å². The summed E-state index contributed by atoms with van der Waals surface area (Å²) in [5, 5.41) is 21.8. The molecule has 154 valence electrons. The summed E-state index contributed by atoms with van der Waals surface area (Å²) in [6.45, 7) is 8.86. The van der Waals surface area contributed by atoms with E-state index in [0.717, 1.165) is 19.3 Å². The van der Waals surface area contributed by atoms with Crippen molar-refractivity contribution < 1.29 is 29.3 Å². The van der Waals surface area contributed by atoms with E-state index in [4.69, 9.17) is 4.74 Å². The Labute approximate surface area is 161 Å². The Hall–Kier alpha value is -1.89. The molecular weight excluding hydrogens is 350 g/mol. The number of carbonyl (C=O) groups excluding carboxylic acids is 2. The number of alkyl carbamates (subject to hydrolysis) is 1. The third kappa shape index (κ3) is 8.12. The van der Waals surface area contributed by atoms with Crippen LogP contribution in [0.4, 0.5) is 4.79 Å². The van der Waals surface area contributed by atoms with E-state index in [1.54, 1.807) is 20.8 Å². The molecule has 7 nitrogen and oxygen atoms in total. The van der Waals surface area contributed by atoms with Gasteiger partial charge in [0.15, 0.2) is 5.78 Å². The molecule has 27 heavy (non-hydrogen) atoms. The van der Waals surface area contributed by atoms with Crippen LogP contribution in [0.1, 0.15) is 65.7 Å². The number of unbranched alkanes of at least 4 members (excludes halogenated alkanes) is 3. The van der Waals surface area contributed by atoms with E-state index in [2.05, 4.69) is 11.9 Å². The molecule has 7 heteroatoms. The molecule has 0 aromatic heterocycles. The van der Waals surface area contributed by atoms with Crippen LogP contribution in [0.5, 0.6) is 0 Å². The van der Waals surface area contributed by atoms with E-state index < -0.39 is 41.6 Å². The lowest BCUT2D eigenvalue weighted by atomic mass is 9.86. The van der Waals surface area contributed by atoms with E-state index >= 15 is 0 Å². The predicted octanol–water partition coefficient (Wildman–Crippen LogP) is 3.06. The van der Waals surface area contributed by atoms with Gasteiger partial charge in [0.1, 0.15) is 5.60 Å². The van der Waals surface area contributed by atoms with Gasteiger partial charge in [-0.15, -0.1) is 6.58 Å². The number of rotatable bonds is 10. The van der Waals surface area contributed by atoms with Crippen LogP contribution in [0.3, 0.4) is 0 Å². The molecule has 1 unspecified atom stereocenters. The summed E-state index contributed by atoms with van der Waals surface area (Å²) in [6.07, 6.45) is 4.32. The summed E-state index contributed by atoms with van der Waals surface area (Å²) < 4.78 is 5.24. The van der Waals surface area contributed by atoms with E-state index in [9.17, 15) is 24.6 Å². The molecule has 0 aromatic rings. The molecule has 0 aromatic carbocycles. The van der Waals surface area contributed by atoms with Crippen LogP contribution in [0, 0.1) is 11.8 Å². The number of ether oxygens (including phenoxy) is 1. The van der Waals surface area contributed by atoms with Crippen molar-refractivity contribution in [2.45, 2.75) is 83.5 Å². The second-order valence-corrected chi connectivity index (χ2v) is 8.20. The van der Waals surface area contributed by atoms with Gasteiger partial charge in [-0.3, -0.25) is 9.59 Å². The van der Waals surface area contributed by atoms with Crippen LogP contribution in [0.25, 0.3) is 0 Å². The fraction of sp³-hybridized carbons (Fsp3) is 0.750. The predicted molar refractivity (Wildman–Crippen MR) is 101 cm³/mol. The number of carboxylic acids is 1. The highest BCUT2D eigenvalue weighted by Crippen LogP contribution is 2.34. The lowest BCUT2D eigenvalue weighted by molar-refractivity contribution is -0.146. The molecule has 0 saturated heterocycles. The Bertz CT molecular complexity index is 539. The van der Waals surface area contributed by atoms with Crippen LogP contribution in [0.15, 0.2) is 12.7 Å². The number of nitrogens with one attached hydrogen (secondary N) is 1. The Morgan fingerprint density at radius 3 is 2.37 bits per heavy atom. The molecule has 0 heterocycles. The van der Waals surface area contributed by atoms with Gasteiger partial charge in [-0.25, -0.2) is 4.79 Å². The number of aliphatic hydroxyl groups is 1. The molecule has 3 N–H and O–H groups in total. The van der Waals surface area contributed by atoms with Crippen LogP contribution in [-0.2, 0) is 14.3 Å². The molecular formula is C20H33NO6. The lowest BCUT2D eigenvalue weighted by Crippen LogP contribution is -2.46. The van der Waals surface area contributed by atoms with E-state index in [1.165, 1.54) is 0 Å². The molecule has 1 aliphatic carbocycles. The van der Waals surface area contributed by atoms with Gasteiger partial charge in [-0.05, 0) is 52.9 Å². The molecule has 1 amide bonds. The highest BCUT2D eigenvalue weighted by atomic mass is 16.6. The number of hydrogen-bond acceptors (Lipinski definition) is 5. The van der Waals surface area contributed by atoms with Crippen molar-refractivity contribution in [1.82, 2.24) is 5.32 Å². The number of carbonyl (C=O) groups is 3. The number of carboxylic acid groups (broad SMARTS) is 1. The van der Waals surface area contributed by atoms with Gasteiger partial charge in [-0.2, -0.15) is 0 Å². The minimum Gasteiger partial charge on any atom is -0.481 e. The summed E-state index contributed by atoms with van der Waals surface area (Å²) in [7, 11) is 0. The summed E-state index contributed by atoms with van der Waals surface area (Å²) in [6, 6.07) is -0.819. The summed E-state index contributed by atoms with van der Waals surface area (Å²) >= 11 is 0. The quantitative estimate of drug-likeness (QED) is 0.395. The highest BCUT2D eigenvalue weighted by Gasteiger charge is 2.44. The topological polar surface area (TPSA) is 113 Å². The average molecular weight is 383 g/mol. The molecule has 1 saturated carbocycles. The van der Waals surface area contributed by atoms with Crippen molar-refractivity contribution >= 4 is 17.8 Å². The molecule has 0 bridgehead atoms. The maximum atomic E-state index is 13.0. The highest BCUT2D eigenvalue weighted by molar-refractivity contribution is 5.92. The number of hydrogen-bond donors (Lipinski definition) is 3. The van der Waals surface area contributed by atoms with Crippen molar-refractivity contribution in [3.05, 3.63) is 12.7 Å². The zero-order valence-corrected chi connectivity index (χ0v) is 16.6. The summed E-state index contributed by atoms with van der Waals surface area (Å²) in [5.41, 5.74) is -0.700. The minimum atomic E-state index is -1.09. The smallest absolute Gasteiger partial charge is 0.408 e. The van der Waals surface area contributed by atoms with Gasteiger partial charge in [0, 0.05) is 5.92 Å². The second kappa shape index (κ2) is 10.4. The molecule has 4 atom stereocenters. The minimum absolute atomic E-state index is 0.0598. The molecule has 1 aliphatic rings. The fourth-order valence-corrected chi connectivity index (χ4v) is 3.41. The van der Waals surface area contributed by atoms with Crippen molar-refractivity contribution in [2.24, 2.45) is 11.8 Å². The fourth-order valence-electron chi connectivity index (χ4n) is 3.41. The van der Waals surface area contributed by atoms with Crippen LogP contribution < -0.4 is 5.32 Å². The monoisotopic (exact) mass is 383 g/mol. The van der Waals surface area contributed by atoms with Crippen molar-refractivity contribution in [3.8, 4) is 0 Å². The standard InChI is InChI=1S/C20H33NO6/c1-5-6-7-8-9-10-16(21-19(26)27-20(2,3)4)17(23)14-11-13(22)12-15(14)18(24)25/h5,13-16,22H,1,6-12H2,2-4H3,(H,21,26)(H,24,25)/t13-,14?,15-,16+/m1/s1. The van der Waals surface area contributed by atoms with E-state index in [1.807, 2.05) is 6.08 Å². The van der Waals surface area contributed by atoms with Gasteiger partial charge >= 0.3 is 12.1 Å². The van der Waals surface area contributed by atoms with E-state index in [-0.39, 0.29) is 18.6 Å². The third-order valence-electron chi connectivity index (χ3n) is 4.66. The zero-order chi connectivity index (χ0) is 20.6. The van der Waals surface area contributed by atoms with Crippen LogP contribution in [0.2, 0.25) is 0 Å². The molecule has 0 radical (unpaired) electrons. The number of amides is 1. The first-order valence-electron chi connectivity index (χ1n) is 9.60. The average Bonchev–Trinajstić information content (AvgIpc) is 2.93. The SMILES string of the molecule is C=CCCCCC[C@H](NC(=O)OC(C)(C)C)C(=O)C1C[C@@H](O)C[C@H]1C(=O)O. The van der Waals surface area contributed by atoms with Crippen LogP contribution >= 0.6 is 0 Å². The Kier molecular flexibility index (Phi) is 8.96. The number of ketones is 1. The summed E-state index contributed by atoms with van der Waals surface area (Å²) in [5.74, 6) is -3.15. The molecule has 0 spiro atoms. The first-order valence-corrected chi connectivity index (χ1v) is 9.60. The van der Waals surface area contributed by atoms with Gasteiger partial charge in [-0.1, -0.05) is 18.9 Å². The normalized spacial score (nSPS) is 23.5. The number of aliphatic hydroxyl groups excluding tert-OH is 1. The van der Waals surface area contributed by atoms with E-state index in [0.29, 0.717) is 12.8 Å². The molecule has 0 aliphatic heterocycles. The number of Topliss-reactive ketones (excluding diaryl/α,β-unsaturated/α-hetero) is 1. The number of allylic oxidation sites excluding steroid dienone is 1. The first kappa shape index (κ1) is 23.1. The van der Waals surface area contributed by atoms with Crippen LogP contribution in [-0.4, -0.2) is 45.8 Å². The van der Waals surface area contributed by atoms with Gasteiger partial charge in [0.05, 0.1) is 18.1 Å². The largest absolute Gasteiger partial charge is 0.481 e. The summed E-state index contributed by atoms with van der Waals surface area (Å²) in [4.78, 5) is 36.5. The maximum absolute atomic E-state index is 13.0. The lowest BCUT2D eigenvalue weighted by Gasteiger charge is -2.25. The molecule has 1 fully saturated rings. The Morgan fingerprint density at radius 2 is 1.81 bits per heavy atom. The third-order valence-corrected chi connectivity index (χ3v) is 4.66.